The number of nitrogens with one attached hydrogen (secondary N) is 3. The number of carbonyl (C=O) groups is 4. The van der Waals surface area contributed by atoms with Crippen LogP contribution in [0.1, 0.15) is 36.5 Å². The standard InChI is InChI=1S/C20H28N4O5/c1-3-4-10-29-18(26)12-16-20(28)22-8-9-24(16)17(25)13-23-15-7-5-6-14(11-15)19(27)21-2/h5-7,11,16,23H,3-4,8-10,12-13H2,1-2H3,(H,21,27)(H,22,28). The molecule has 3 amide bonds. The van der Waals surface area contributed by atoms with E-state index in [1.54, 1.807) is 31.3 Å². The molecule has 0 bridgehead atoms. The first-order valence-corrected chi connectivity index (χ1v) is 9.75. The predicted molar refractivity (Wildman–Crippen MR) is 107 cm³/mol. The van der Waals surface area contributed by atoms with Gasteiger partial charge in [-0.25, -0.2) is 0 Å². The van der Waals surface area contributed by atoms with Crippen LogP contribution >= 0.6 is 0 Å². The van der Waals surface area contributed by atoms with Crippen molar-refractivity contribution in [1.82, 2.24) is 15.5 Å². The number of amides is 3. The monoisotopic (exact) mass is 404 g/mol. The average Bonchev–Trinajstić information content (AvgIpc) is 2.73. The molecule has 1 heterocycles. The van der Waals surface area contributed by atoms with Gasteiger partial charge < -0.3 is 25.6 Å². The third-order valence-electron chi connectivity index (χ3n) is 4.57. The Kier molecular flexibility index (Phi) is 8.45. The highest BCUT2D eigenvalue weighted by Gasteiger charge is 2.34. The first kappa shape index (κ1) is 22.2. The van der Waals surface area contributed by atoms with Gasteiger partial charge in [-0.3, -0.25) is 19.2 Å². The highest BCUT2D eigenvalue weighted by Crippen LogP contribution is 2.13. The lowest BCUT2D eigenvalue weighted by Crippen LogP contribution is -2.58. The molecule has 0 spiro atoms. The van der Waals surface area contributed by atoms with Crippen LogP contribution in [-0.4, -0.2) is 67.9 Å². The molecular formula is C20H28N4O5. The normalized spacial score (nSPS) is 16.0. The number of ether oxygens (including phenoxy) is 1. The average molecular weight is 404 g/mol. The van der Waals surface area contributed by atoms with Gasteiger partial charge in [0.25, 0.3) is 5.91 Å². The van der Waals surface area contributed by atoms with Crippen LogP contribution < -0.4 is 16.0 Å². The van der Waals surface area contributed by atoms with Crippen LogP contribution in [0.5, 0.6) is 0 Å². The molecule has 1 fully saturated rings. The Morgan fingerprint density at radius 1 is 1.31 bits per heavy atom. The molecular weight excluding hydrogens is 376 g/mol. The third-order valence-corrected chi connectivity index (χ3v) is 4.57. The summed E-state index contributed by atoms with van der Waals surface area (Å²) in [5.74, 6) is -1.39. The Morgan fingerprint density at radius 2 is 2.10 bits per heavy atom. The second kappa shape index (κ2) is 11.0. The molecule has 2 rings (SSSR count). The van der Waals surface area contributed by atoms with Gasteiger partial charge in [0.2, 0.25) is 11.8 Å². The van der Waals surface area contributed by atoms with Gasteiger partial charge in [-0.15, -0.1) is 0 Å². The number of piperazine rings is 1. The van der Waals surface area contributed by atoms with Gasteiger partial charge in [0, 0.05) is 31.4 Å². The fourth-order valence-corrected chi connectivity index (χ4v) is 2.96. The van der Waals surface area contributed by atoms with Crippen molar-refractivity contribution in [3.05, 3.63) is 29.8 Å². The molecule has 1 aromatic carbocycles. The van der Waals surface area contributed by atoms with Crippen molar-refractivity contribution in [2.24, 2.45) is 0 Å². The molecule has 158 valence electrons. The maximum atomic E-state index is 12.7. The summed E-state index contributed by atoms with van der Waals surface area (Å²) >= 11 is 0. The van der Waals surface area contributed by atoms with Gasteiger partial charge >= 0.3 is 5.97 Å². The first-order chi connectivity index (χ1) is 14.0. The summed E-state index contributed by atoms with van der Waals surface area (Å²) in [5.41, 5.74) is 1.08. The van der Waals surface area contributed by atoms with Gasteiger partial charge in [-0.1, -0.05) is 19.4 Å². The fourth-order valence-electron chi connectivity index (χ4n) is 2.96. The number of nitrogens with zero attached hydrogens (tertiary/aromatic N) is 1. The van der Waals surface area contributed by atoms with E-state index in [4.69, 9.17) is 4.74 Å². The van der Waals surface area contributed by atoms with E-state index in [0.29, 0.717) is 30.9 Å². The zero-order valence-electron chi connectivity index (χ0n) is 16.8. The van der Waals surface area contributed by atoms with Crippen LogP contribution in [0.2, 0.25) is 0 Å². The number of anilines is 1. The molecule has 0 saturated carbocycles. The molecule has 9 nitrogen and oxygen atoms in total. The maximum Gasteiger partial charge on any atom is 0.308 e. The Bertz CT molecular complexity index is 752. The zero-order chi connectivity index (χ0) is 21.2. The zero-order valence-corrected chi connectivity index (χ0v) is 16.8. The first-order valence-electron chi connectivity index (χ1n) is 9.75. The van der Waals surface area contributed by atoms with Crippen molar-refractivity contribution in [3.63, 3.8) is 0 Å². The van der Waals surface area contributed by atoms with E-state index in [9.17, 15) is 19.2 Å². The molecule has 1 saturated heterocycles. The van der Waals surface area contributed by atoms with Gasteiger partial charge in [-0.05, 0) is 24.6 Å². The molecule has 1 aliphatic heterocycles. The van der Waals surface area contributed by atoms with Crippen LogP contribution in [0, 0.1) is 0 Å². The SMILES string of the molecule is CCCCOC(=O)CC1C(=O)NCCN1C(=O)CNc1cccc(C(=O)NC)c1. The number of benzene rings is 1. The van der Waals surface area contributed by atoms with Crippen LogP contribution in [-0.2, 0) is 19.1 Å². The molecule has 0 radical (unpaired) electrons. The van der Waals surface area contributed by atoms with E-state index in [1.165, 1.54) is 4.90 Å². The lowest BCUT2D eigenvalue weighted by molar-refractivity contribution is -0.151. The summed E-state index contributed by atoms with van der Waals surface area (Å²) < 4.78 is 5.13. The molecule has 29 heavy (non-hydrogen) atoms. The van der Waals surface area contributed by atoms with Gasteiger partial charge in [0.05, 0.1) is 19.6 Å². The van der Waals surface area contributed by atoms with Crippen molar-refractivity contribution in [2.75, 3.05) is 38.6 Å². The lowest BCUT2D eigenvalue weighted by Gasteiger charge is -2.34. The number of rotatable bonds is 9. The molecule has 1 unspecified atom stereocenters. The maximum absolute atomic E-state index is 12.7. The van der Waals surface area contributed by atoms with Crippen molar-refractivity contribution in [1.29, 1.82) is 0 Å². The van der Waals surface area contributed by atoms with Crippen LogP contribution in [0.4, 0.5) is 5.69 Å². The Morgan fingerprint density at radius 3 is 2.83 bits per heavy atom. The summed E-state index contributed by atoms with van der Waals surface area (Å²) in [6.07, 6.45) is 1.48. The Hall–Kier alpha value is -3.10. The highest BCUT2D eigenvalue weighted by atomic mass is 16.5. The molecule has 9 heteroatoms. The fraction of sp³-hybridized carbons (Fsp3) is 0.500. The van der Waals surface area contributed by atoms with Gasteiger partial charge in [0.15, 0.2) is 0 Å². The van der Waals surface area contributed by atoms with E-state index in [1.807, 2.05) is 6.92 Å². The van der Waals surface area contributed by atoms with Crippen molar-refractivity contribution >= 4 is 29.4 Å². The van der Waals surface area contributed by atoms with E-state index < -0.39 is 12.0 Å². The van der Waals surface area contributed by atoms with Crippen LogP contribution in [0.3, 0.4) is 0 Å². The van der Waals surface area contributed by atoms with E-state index >= 15 is 0 Å². The number of esters is 1. The third kappa shape index (κ3) is 6.48. The lowest BCUT2D eigenvalue weighted by atomic mass is 10.1. The largest absolute Gasteiger partial charge is 0.466 e. The number of hydrogen-bond acceptors (Lipinski definition) is 6. The van der Waals surface area contributed by atoms with Gasteiger partial charge in [-0.2, -0.15) is 0 Å². The minimum absolute atomic E-state index is 0.0636. The smallest absolute Gasteiger partial charge is 0.308 e. The predicted octanol–water partition coefficient (Wildman–Crippen LogP) is 0.519. The highest BCUT2D eigenvalue weighted by molar-refractivity contribution is 5.95. The molecule has 0 aliphatic carbocycles. The van der Waals surface area contributed by atoms with E-state index in [0.717, 1.165) is 12.8 Å². The van der Waals surface area contributed by atoms with Crippen molar-refractivity contribution in [3.8, 4) is 0 Å². The number of carbonyl (C=O) groups excluding carboxylic acids is 4. The summed E-state index contributed by atoms with van der Waals surface area (Å²) in [4.78, 5) is 50.1. The molecule has 1 aromatic rings. The number of hydrogen-bond donors (Lipinski definition) is 3. The van der Waals surface area contributed by atoms with Gasteiger partial charge in [0.1, 0.15) is 6.04 Å². The topological polar surface area (TPSA) is 117 Å². The quantitative estimate of drug-likeness (QED) is 0.408. The summed E-state index contributed by atoms with van der Waals surface area (Å²) in [5, 5.41) is 8.20. The summed E-state index contributed by atoms with van der Waals surface area (Å²) in [6.45, 7) is 2.88. The summed E-state index contributed by atoms with van der Waals surface area (Å²) in [7, 11) is 1.54. The number of unbranched alkanes of at least 4 members (excludes halogenated alkanes) is 1. The van der Waals surface area contributed by atoms with Crippen LogP contribution in [0.15, 0.2) is 24.3 Å². The Labute approximate surface area is 170 Å². The minimum atomic E-state index is -0.885. The minimum Gasteiger partial charge on any atom is -0.466 e. The molecule has 3 N–H and O–H groups in total. The van der Waals surface area contributed by atoms with E-state index in [2.05, 4.69) is 16.0 Å². The second-order valence-electron chi connectivity index (χ2n) is 6.69. The van der Waals surface area contributed by atoms with Crippen molar-refractivity contribution < 1.29 is 23.9 Å². The molecule has 0 aromatic heterocycles. The summed E-state index contributed by atoms with van der Waals surface area (Å²) in [6, 6.07) is 5.87. The Balaban J connectivity index is 1.97. The molecule has 1 atom stereocenters. The van der Waals surface area contributed by atoms with Crippen molar-refractivity contribution in [2.45, 2.75) is 32.2 Å². The van der Waals surface area contributed by atoms with E-state index in [-0.39, 0.29) is 30.7 Å². The molecule has 1 aliphatic rings. The second-order valence-corrected chi connectivity index (χ2v) is 6.69. The van der Waals surface area contributed by atoms with Crippen LogP contribution in [0.25, 0.3) is 0 Å².